The molecule has 0 aliphatic heterocycles. The van der Waals surface area contributed by atoms with E-state index in [9.17, 15) is 13.2 Å². The Bertz CT molecular complexity index is 346. The predicted molar refractivity (Wildman–Crippen MR) is 55.8 cm³/mol. The number of anilines is 1. The number of hydrogen-bond donors (Lipinski definition) is 0. The Morgan fingerprint density at radius 3 is 2.60 bits per heavy atom. The maximum absolute atomic E-state index is 13.2. The van der Waals surface area contributed by atoms with Crippen molar-refractivity contribution in [2.24, 2.45) is 0 Å². The monoisotopic (exact) mass is 236 g/mol. The average molecular weight is 236 g/mol. The van der Waals surface area contributed by atoms with E-state index in [1.54, 1.807) is 18.8 Å². The Balaban J connectivity index is 2.88. The molecule has 6 heteroatoms. The molecule has 1 aromatic rings. The summed E-state index contributed by atoms with van der Waals surface area (Å²) in [6, 6.07) is 0.507. The Morgan fingerprint density at radius 2 is 2.00 bits per heavy atom. The minimum atomic E-state index is -1.28. The molecule has 0 aliphatic carbocycles. The molecule has 1 rings (SSSR count). The third-order valence-electron chi connectivity index (χ3n) is 1.86. The van der Waals surface area contributed by atoms with Gasteiger partial charge in [-0.05, 0) is 6.26 Å². The number of halogens is 3. The van der Waals surface area contributed by atoms with Gasteiger partial charge in [-0.1, -0.05) is 0 Å². The van der Waals surface area contributed by atoms with E-state index in [-0.39, 0.29) is 5.82 Å². The van der Waals surface area contributed by atoms with Gasteiger partial charge in [-0.25, -0.2) is 8.78 Å². The molecule has 0 bridgehead atoms. The van der Waals surface area contributed by atoms with Crippen LogP contribution in [0.4, 0.5) is 19.0 Å². The van der Waals surface area contributed by atoms with Crippen LogP contribution in [0.3, 0.4) is 0 Å². The summed E-state index contributed by atoms with van der Waals surface area (Å²) in [6.07, 6.45) is 1.91. The second-order valence-corrected chi connectivity index (χ2v) is 3.97. The van der Waals surface area contributed by atoms with Gasteiger partial charge in [-0.15, -0.1) is 0 Å². The highest BCUT2D eigenvalue weighted by atomic mass is 32.2. The van der Waals surface area contributed by atoms with Gasteiger partial charge < -0.3 is 4.90 Å². The Morgan fingerprint density at radius 1 is 1.33 bits per heavy atom. The summed E-state index contributed by atoms with van der Waals surface area (Å²) in [6.45, 7) is 0.524. The van der Waals surface area contributed by atoms with Gasteiger partial charge in [0.05, 0.1) is 0 Å². The van der Waals surface area contributed by atoms with Crippen molar-refractivity contribution >= 4 is 17.6 Å². The predicted octanol–water partition coefficient (Wildman–Crippen LogP) is 2.30. The van der Waals surface area contributed by atoms with Crippen LogP contribution in [0, 0.1) is 17.6 Å². The van der Waals surface area contributed by atoms with Gasteiger partial charge in [-0.3, -0.25) is 0 Å². The van der Waals surface area contributed by atoms with E-state index in [1.807, 2.05) is 6.26 Å². The average Bonchev–Trinajstić information content (AvgIpc) is 2.20. The molecule has 0 aliphatic rings. The molecule has 0 aromatic carbocycles. The highest BCUT2D eigenvalue weighted by Crippen LogP contribution is 2.17. The van der Waals surface area contributed by atoms with E-state index in [0.29, 0.717) is 12.6 Å². The lowest BCUT2D eigenvalue weighted by atomic mass is 10.4. The van der Waals surface area contributed by atoms with Crippen molar-refractivity contribution in [3.05, 3.63) is 23.6 Å². The Kier molecular flexibility index (Phi) is 4.26. The van der Waals surface area contributed by atoms with Crippen molar-refractivity contribution < 1.29 is 13.2 Å². The SMILES string of the molecule is CSCCN(C)c1nc(F)c(F)cc1F. The quantitative estimate of drug-likeness (QED) is 0.746. The molecule has 15 heavy (non-hydrogen) atoms. The molecule has 0 atom stereocenters. The fraction of sp³-hybridized carbons (Fsp3) is 0.444. The summed E-state index contributed by atoms with van der Waals surface area (Å²) in [5.41, 5.74) is 0. The van der Waals surface area contributed by atoms with Gasteiger partial charge in [-0.2, -0.15) is 21.1 Å². The lowest BCUT2D eigenvalue weighted by Gasteiger charge is -2.17. The largest absolute Gasteiger partial charge is 0.356 e. The molecule has 0 fully saturated rings. The molecule has 84 valence electrons. The van der Waals surface area contributed by atoms with Crippen LogP contribution in [0.2, 0.25) is 0 Å². The van der Waals surface area contributed by atoms with Gasteiger partial charge >= 0.3 is 0 Å². The molecule has 0 saturated heterocycles. The van der Waals surface area contributed by atoms with Crippen molar-refractivity contribution in [3.8, 4) is 0 Å². The van der Waals surface area contributed by atoms with Crippen molar-refractivity contribution in [1.29, 1.82) is 0 Å². The second-order valence-electron chi connectivity index (χ2n) is 2.98. The molecule has 0 unspecified atom stereocenters. The van der Waals surface area contributed by atoms with Crippen molar-refractivity contribution in [3.63, 3.8) is 0 Å². The summed E-state index contributed by atoms with van der Waals surface area (Å²) in [7, 11) is 1.58. The van der Waals surface area contributed by atoms with Crippen LogP contribution in [-0.4, -0.2) is 30.6 Å². The summed E-state index contributed by atoms with van der Waals surface area (Å²) in [4.78, 5) is 4.68. The van der Waals surface area contributed by atoms with E-state index in [0.717, 1.165) is 5.75 Å². The fourth-order valence-corrected chi connectivity index (χ4v) is 1.49. The van der Waals surface area contributed by atoms with Crippen LogP contribution in [0.25, 0.3) is 0 Å². The smallest absolute Gasteiger partial charge is 0.251 e. The molecule has 2 nitrogen and oxygen atoms in total. The summed E-state index contributed by atoms with van der Waals surface area (Å²) < 4.78 is 38.5. The Hall–Kier alpha value is -0.910. The third kappa shape index (κ3) is 3.02. The number of aromatic nitrogens is 1. The van der Waals surface area contributed by atoms with E-state index in [4.69, 9.17) is 0 Å². The number of nitrogens with zero attached hydrogens (tertiary/aromatic N) is 2. The highest BCUT2D eigenvalue weighted by Gasteiger charge is 2.14. The molecule has 0 spiro atoms. The maximum Gasteiger partial charge on any atom is 0.251 e. The molecule has 1 heterocycles. The first-order valence-electron chi connectivity index (χ1n) is 4.28. The maximum atomic E-state index is 13.2. The van der Waals surface area contributed by atoms with Crippen LogP contribution in [0.5, 0.6) is 0 Å². The van der Waals surface area contributed by atoms with Crippen LogP contribution < -0.4 is 4.90 Å². The van der Waals surface area contributed by atoms with Gasteiger partial charge in [0.25, 0.3) is 5.95 Å². The van der Waals surface area contributed by atoms with Gasteiger partial charge in [0.1, 0.15) is 0 Å². The van der Waals surface area contributed by atoms with Crippen molar-refractivity contribution in [1.82, 2.24) is 4.98 Å². The van der Waals surface area contributed by atoms with Crippen molar-refractivity contribution in [2.45, 2.75) is 0 Å². The number of rotatable bonds is 4. The van der Waals surface area contributed by atoms with E-state index in [2.05, 4.69) is 4.98 Å². The minimum absolute atomic E-state index is 0.164. The molecule has 0 amide bonds. The normalized spacial score (nSPS) is 10.5. The van der Waals surface area contributed by atoms with E-state index in [1.165, 1.54) is 4.90 Å². The number of pyridine rings is 1. The molecule has 0 radical (unpaired) electrons. The summed E-state index contributed by atoms with van der Waals surface area (Å²) in [5.74, 6) is -2.80. The first-order valence-corrected chi connectivity index (χ1v) is 5.67. The fourth-order valence-electron chi connectivity index (χ4n) is 1.04. The zero-order valence-corrected chi connectivity index (χ0v) is 9.24. The third-order valence-corrected chi connectivity index (χ3v) is 2.45. The van der Waals surface area contributed by atoms with Gasteiger partial charge in [0, 0.05) is 25.4 Å². The van der Waals surface area contributed by atoms with Crippen LogP contribution >= 0.6 is 11.8 Å². The van der Waals surface area contributed by atoms with Crippen LogP contribution in [-0.2, 0) is 0 Å². The van der Waals surface area contributed by atoms with Crippen LogP contribution in [0.1, 0.15) is 0 Å². The molecular weight excluding hydrogens is 225 g/mol. The molecular formula is C9H11F3N2S. The zero-order valence-electron chi connectivity index (χ0n) is 8.43. The lowest BCUT2D eigenvalue weighted by Crippen LogP contribution is -2.23. The summed E-state index contributed by atoms with van der Waals surface area (Å²) in [5, 5.41) is 0. The Labute approximate surface area is 90.5 Å². The summed E-state index contributed by atoms with van der Waals surface area (Å²) >= 11 is 1.58. The first kappa shape index (κ1) is 12.2. The number of hydrogen-bond acceptors (Lipinski definition) is 3. The topological polar surface area (TPSA) is 16.1 Å². The van der Waals surface area contributed by atoms with Gasteiger partial charge in [0.15, 0.2) is 17.5 Å². The second kappa shape index (κ2) is 5.25. The molecule has 0 saturated carbocycles. The highest BCUT2D eigenvalue weighted by molar-refractivity contribution is 7.98. The zero-order chi connectivity index (χ0) is 11.4. The number of thioether (sulfide) groups is 1. The van der Waals surface area contributed by atoms with Crippen LogP contribution in [0.15, 0.2) is 6.07 Å². The minimum Gasteiger partial charge on any atom is -0.356 e. The standard InChI is InChI=1S/C9H11F3N2S/c1-14(3-4-15-2)9-7(11)5-6(10)8(12)13-9/h5H,3-4H2,1-2H3. The van der Waals surface area contributed by atoms with Gasteiger partial charge in [0.2, 0.25) is 0 Å². The van der Waals surface area contributed by atoms with E-state index >= 15 is 0 Å². The van der Waals surface area contributed by atoms with Crippen molar-refractivity contribution in [2.75, 3.05) is 30.5 Å². The first-order chi connectivity index (χ1) is 7.06. The molecule has 1 aromatic heterocycles. The molecule has 0 N–H and O–H groups in total. The van der Waals surface area contributed by atoms with E-state index < -0.39 is 17.6 Å². The lowest BCUT2D eigenvalue weighted by molar-refractivity contribution is 0.464.